The van der Waals surface area contributed by atoms with E-state index in [4.69, 9.17) is 33.1 Å². The van der Waals surface area contributed by atoms with Gasteiger partial charge in [0.15, 0.2) is 0 Å². The molecule has 2 rings (SSSR count). The van der Waals surface area contributed by atoms with Crippen LogP contribution in [0.25, 0.3) is 0 Å². The first kappa shape index (κ1) is 17.6. The van der Waals surface area contributed by atoms with Gasteiger partial charge in [-0.3, -0.25) is 4.79 Å². The van der Waals surface area contributed by atoms with E-state index in [9.17, 15) is 13.2 Å². The molecule has 0 aliphatic rings. The van der Waals surface area contributed by atoms with Crippen molar-refractivity contribution in [2.75, 3.05) is 11.9 Å². The summed E-state index contributed by atoms with van der Waals surface area (Å²) in [7, 11) is -4.05. The first-order valence-electron chi connectivity index (χ1n) is 6.31. The second kappa shape index (κ2) is 7.18. The highest BCUT2D eigenvalue weighted by Crippen LogP contribution is 2.27. The third-order valence-corrected chi connectivity index (χ3v) is 4.35. The van der Waals surface area contributed by atoms with Gasteiger partial charge in [-0.1, -0.05) is 23.2 Å². The summed E-state index contributed by atoms with van der Waals surface area (Å²) in [6.07, 6.45) is 0. The Balaban J connectivity index is 2.20. The van der Waals surface area contributed by atoms with Crippen molar-refractivity contribution in [1.29, 1.82) is 0 Å². The summed E-state index contributed by atoms with van der Waals surface area (Å²) < 4.78 is 29.4. The normalized spacial score (nSPS) is 11.1. The first-order chi connectivity index (χ1) is 10.8. The molecule has 0 heterocycles. The molecule has 0 atom stereocenters. The Morgan fingerprint density at radius 3 is 2.17 bits per heavy atom. The highest BCUT2D eigenvalue weighted by atomic mass is 35.5. The predicted molar refractivity (Wildman–Crippen MR) is 88.4 cm³/mol. The molecule has 0 fully saturated rings. The number of benzene rings is 2. The maximum Gasteiger partial charge on any atom is 0.339 e. The molecule has 6 nitrogen and oxygen atoms in total. The molecule has 1 amide bonds. The third-order valence-electron chi connectivity index (χ3n) is 2.65. The molecule has 23 heavy (non-hydrogen) atoms. The topological polar surface area (TPSA) is 98.5 Å². The maximum absolute atomic E-state index is 12.2. The van der Waals surface area contributed by atoms with Crippen LogP contribution < -0.4 is 15.2 Å². The van der Waals surface area contributed by atoms with E-state index in [0.717, 1.165) is 0 Å². The van der Waals surface area contributed by atoms with Gasteiger partial charge in [-0.15, -0.1) is 0 Å². The highest BCUT2D eigenvalue weighted by molar-refractivity contribution is 7.87. The SMILES string of the molecule is NCC(=O)Nc1ccc(S(=O)(=O)Oc2cc(Cl)cc(Cl)c2)cc1. The summed E-state index contributed by atoms with van der Waals surface area (Å²) in [6, 6.07) is 9.57. The van der Waals surface area contributed by atoms with E-state index in [0.29, 0.717) is 5.69 Å². The molecule has 9 heteroatoms. The fourth-order valence-corrected chi connectivity index (χ4v) is 3.09. The number of carbonyl (C=O) groups is 1. The van der Waals surface area contributed by atoms with E-state index in [1.807, 2.05) is 0 Å². The zero-order valence-electron chi connectivity index (χ0n) is 11.6. The van der Waals surface area contributed by atoms with E-state index in [2.05, 4.69) is 5.32 Å². The fourth-order valence-electron chi connectivity index (χ4n) is 1.67. The lowest BCUT2D eigenvalue weighted by atomic mass is 10.3. The van der Waals surface area contributed by atoms with Crippen molar-refractivity contribution >= 4 is 44.9 Å². The van der Waals surface area contributed by atoms with E-state index >= 15 is 0 Å². The number of rotatable bonds is 5. The average molecular weight is 375 g/mol. The minimum absolute atomic E-state index is 0.00279. The summed E-state index contributed by atoms with van der Waals surface area (Å²) in [4.78, 5) is 11.1. The second-order valence-electron chi connectivity index (χ2n) is 4.42. The number of anilines is 1. The van der Waals surface area contributed by atoms with Crippen molar-refractivity contribution in [3.8, 4) is 5.75 Å². The van der Waals surface area contributed by atoms with Crippen LogP contribution in [-0.4, -0.2) is 20.9 Å². The lowest BCUT2D eigenvalue weighted by molar-refractivity contribution is -0.114. The summed E-state index contributed by atoms with van der Waals surface area (Å²) in [5.41, 5.74) is 5.60. The highest BCUT2D eigenvalue weighted by Gasteiger charge is 2.17. The van der Waals surface area contributed by atoms with Crippen molar-refractivity contribution in [2.45, 2.75) is 4.90 Å². The lowest BCUT2D eigenvalue weighted by Crippen LogP contribution is -2.21. The smallest absolute Gasteiger partial charge is 0.339 e. The molecule has 0 saturated carbocycles. The van der Waals surface area contributed by atoms with Gasteiger partial charge in [0.2, 0.25) is 5.91 Å². The molecule has 0 spiro atoms. The standard InChI is InChI=1S/C14H12Cl2N2O4S/c15-9-5-10(16)7-12(6-9)22-23(20,21)13-3-1-11(2-4-13)18-14(19)8-17/h1-7H,8,17H2,(H,18,19). The van der Waals surface area contributed by atoms with Crippen molar-refractivity contribution in [3.63, 3.8) is 0 Å². The predicted octanol–water partition coefficient (Wildman–Crippen LogP) is 2.66. The zero-order chi connectivity index (χ0) is 17.0. The van der Waals surface area contributed by atoms with Crippen LogP contribution in [0.15, 0.2) is 47.4 Å². The minimum Gasteiger partial charge on any atom is -0.379 e. The molecule has 0 bridgehead atoms. The summed E-state index contributed by atoms with van der Waals surface area (Å²) in [5, 5.41) is 3.01. The molecule has 0 radical (unpaired) electrons. The van der Waals surface area contributed by atoms with Gasteiger partial charge in [-0.05, 0) is 30.3 Å². The van der Waals surface area contributed by atoms with Crippen LogP contribution in [0.3, 0.4) is 0 Å². The Bertz CT molecular complexity index is 803. The van der Waals surface area contributed by atoms with Crippen LogP contribution >= 0.6 is 23.2 Å². The Labute approximate surface area is 143 Å². The van der Waals surface area contributed by atoms with Crippen molar-refractivity contribution in [3.05, 3.63) is 52.5 Å². The molecule has 0 saturated heterocycles. The number of hydrogen-bond donors (Lipinski definition) is 2. The van der Waals surface area contributed by atoms with Gasteiger partial charge in [0, 0.05) is 27.9 Å². The van der Waals surface area contributed by atoms with Gasteiger partial charge >= 0.3 is 10.1 Å². The number of nitrogens with two attached hydrogens (primary N) is 1. The monoisotopic (exact) mass is 374 g/mol. The number of amides is 1. The summed E-state index contributed by atoms with van der Waals surface area (Å²) in [6.45, 7) is -0.168. The Kier molecular flexibility index (Phi) is 5.48. The van der Waals surface area contributed by atoms with E-state index in [-0.39, 0.29) is 33.1 Å². The van der Waals surface area contributed by atoms with Gasteiger partial charge in [-0.2, -0.15) is 8.42 Å². The van der Waals surface area contributed by atoms with Gasteiger partial charge < -0.3 is 15.2 Å². The van der Waals surface area contributed by atoms with Crippen molar-refractivity contribution in [1.82, 2.24) is 0 Å². The molecule has 2 aromatic rings. The molecule has 3 N–H and O–H groups in total. The number of halogens is 2. The van der Waals surface area contributed by atoms with Crippen LogP contribution in [0.2, 0.25) is 10.0 Å². The van der Waals surface area contributed by atoms with Crippen molar-refractivity contribution in [2.24, 2.45) is 5.73 Å². The summed E-state index contributed by atoms with van der Waals surface area (Å²) >= 11 is 11.6. The van der Waals surface area contributed by atoms with E-state index in [1.165, 1.54) is 42.5 Å². The van der Waals surface area contributed by atoms with Crippen LogP contribution in [0.4, 0.5) is 5.69 Å². The van der Waals surface area contributed by atoms with Crippen molar-refractivity contribution < 1.29 is 17.4 Å². The molecule has 0 aliphatic heterocycles. The third kappa shape index (κ3) is 4.84. The fraction of sp³-hybridized carbons (Fsp3) is 0.0714. The van der Waals surface area contributed by atoms with Crippen LogP contribution in [0.1, 0.15) is 0 Å². The molecule has 2 aromatic carbocycles. The number of hydrogen-bond acceptors (Lipinski definition) is 5. The van der Waals surface area contributed by atoms with Gasteiger partial charge in [-0.25, -0.2) is 0 Å². The van der Waals surface area contributed by atoms with E-state index in [1.54, 1.807) is 0 Å². The van der Waals surface area contributed by atoms with Gasteiger partial charge in [0.1, 0.15) is 10.6 Å². The Morgan fingerprint density at radius 1 is 1.09 bits per heavy atom. The zero-order valence-corrected chi connectivity index (χ0v) is 14.0. The second-order valence-corrected chi connectivity index (χ2v) is 6.84. The quantitative estimate of drug-likeness (QED) is 0.783. The average Bonchev–Trinajstić information content (AvgIpc) is 2.46. The van der Waals surface area contributed by atoms with Crippen LogP contribution in [0, 0.1) is 0 Å². The maximum atomic E-state index is 12.2. The molecular formula is C14H12Cl2N2O4S. The Hall–Kier alpha value is -1.80. The largest absolute Gasteiger partial charge is 0.379 e. The van der Waals surface area contributed by atoms with Crippen LogP contribution in [-0.2, 0) is 14.9 Å². The number of nitrogens with one attached hydrogen (secondary N) is 1. The molecule has 0 aromatic heterocycles. The molecular weight excluding hydrogens is 363 g/mol. The summed E-state index contributed by atoms with van der Waals surface area (Å²) in [5.74, 6) is -0.381. The molecule has 122 valence electrons. The minimum atomic E-state index is -4.05. The molecule has 0 aliphatic carbocycles. The van der Waals surface area contributed by atoms with Crippen LogP contribution in [0.5, 0.6) is 5.75 Å². The number of carbonyl (C=O) groups excluding carboxylic acids is 1. The van der Waals surface area contributed by atoms with E-state index < -0.39 is 10.1 Å². The lowest BCUT2D eigenvalue weighted by Gasteiger charge is -2.09. The molecule has 0 unspecified atom stereocenters. The van der Waals surface area contributed by atoms with Gasteiger partial charge in [0.25, 0.3) is 0 Å². The van der Waals surface area contributed by atoms with Gasteiger partial charge in [0.05, 0.1) is 6.54 Å². The first-order valence-corrected chi connectivity index (χ1v) is 8.47. The Morgan fingerprint density at radius 2 is 1.65 bits per heavy atom.